The predicted octanol–water partition coefficient (Wildman–Crippen LogP) is 1.81. The first-order valence-corrected chi connectivity index (χ1v) is 5.72. The highest BCUT2D eigenvalue weighted by Crippen LogP contribution is 2.27. The SMILES string of the molecule is N#Cc1ncccc1COc1c(N)cccc1C(=O)O. The molecule has 2 rings (SSSR count). The molecule has 0 atom stereocenters. The third kappa shape index (κ3) is 2.67. The minimum Gasteiger partial charge on any atom is -0.486 e. The number of aromatic carboxylic acids is 1. The van der Waals surface area contributed by atoms with Gasteiger partial charge in [-0.1, -0.05) is 12.1 Å². The van der Waals surface area contributed by atoms with E-state index >= 15 is 0 Å². The van der Waals surface area contributed by atoms with Crippen molar-refractivity contribution in [3.05, 3.63) is 53.3 Å². The molecule has 0 aliphatic heterocycles. The third-order valence-electron chi connectivity index (χ3n) is 2.65. The van der Waals surface area contributed by atoms with Gasteiger partial charge in [0.1, 0.15) is 23.9 Å². The van der Waals surface area contributed by atoms with E-state index in [2.05, 4.69) is 4.98 Å². The summed E-state index contributed by atoms with van der Waals surface area (Å²) in [7, 11) is 0. The second-order valence-corrected chi connectivity index (χ2v) is 3.94. The number of aromatic nitrogens is 1. The highest BCUT2D eigenvalue weighted by atomic mass is 16.5. The zero-order chi connectivity index (χ0) is 14.5. The van der Waals surface area contributed by atoms with E-state index in [9.17, 15) is 4.79 Å². The summed E-state index contributed by atoms with van der Waals surface area (Å²) in [5.41, 5.74) is 6.73. The zero-order valence-corrected chi connectivity index (χ0v) is 10.4. The number of carboxylic acids is 1. The molecule has 0 fully saturated rings. The molecule has 1 heterocycles. The number of nitrogens with two attached hydrogens (primary N) is 1. The van der Waals surface area contributed by atoms with Crippen molar-refractivity contribution >= 4 is 11.7 Å². The van der Waals surface area contributed by atoms with E-state index < -0.39 is 5.97 Å². The fourth-order valence-electron chi connectivity index (χ4n) is 1.69. The molecule has 100 valence electrons. The Morgan fingerprint density at radius 3 is 2.90 bits per heavy atom. The molecule has 0 saturated carbocycles. The van der Waals surface area contributed by atoms with Crippen molar-refractivity contribution in [1.82, 2.24) is 4.98 Å². The summed E-state index contributed by atoms with van der Waals surface area (Å²) in [5, 5.41) is 18.0. The van der Waals surface area contributed by atoms with Crippen LogP contribution < -0.4 is 10.5 Å². The number of carboxylic acid groups (broad SMARTS) is 1. The molecular formula is C14H11N3O3. The molecule has 6 nitrogen and oxygen atoms in total. The van der Waals surface area contributed by atoms with Gasteiger partial charge in [0.05, 0.1) is 5.69 Å². The maximum absolute atomic E-state index is 11.1. The summed E-state index contributed by atoms with van der Waals surface area (Å²) < 4.78 is 5.46. The van der Waals surface area contributed by atoms with Crippen molar-refractivity contribution in [2.24, 2.45) is 0 Å². The van der Waals surface area contributed by atoms with E-state index in [1.165, 1.54) is 18.3 Å². The molecule has 1 aromatic carbocycles. The lowest BCUT2D eigenvalue weighted by atomic mass is 10.1. The quantitative estimate of drug-likeness (QED) is 0.819. The van der Waals surface area contributed by atoms with Gasteiger partial charge in [-0.15, -0.1) is 0 Å². The molecule has 2 aromatic rings. The fourth-order valence-corrected chi connectivity index (χ4v) is 1.69. The van der Waals surface area contributed by atoms with Gasteiger partial charge >= 0.3 is 5.97 Å². The van der Waals surface area contributed by atoms with Crippen LogP contribution in [0.25, 0.3) is 0 Å². The van der Waals surface area contributed by atoms with Crippen molar-refractivity contribution in [3.8, 4) is 11.8 Å². The maximum atomic E-state index is 11.1. The van der Waals surface area contributed by atoms with Gasteiger partial charge in [0.25, 0.3) is 0 Å². The first-order valence-electron chi connectivity index (χ1n) is 5.72. The number of nitrogen functional groups attached to an aromatic ring is 1. The smallest absolute Gasteiger partial charge is 0.339 e. The summed E-state index contributed by atoms with van der Waals surface area (Å²) in [6.45, 7) is 0.0191. The predicted molar refractivity (Wildman–Crippen MR) is 71.1 cm³/mol. The minimum atomic E-state index is -1.13. The molecule has 1 aromatic heterocycles. The monoisotopic (exact) mass is 269 g/mol. The van der Waals surface area contributed by atoms with E-state index in [0.717, 1.165) is 0 Å². The second-order valence-electron chi connectivity index (χ2n) is 3.94. The third-order valence-corrected chi connectivity index (χ3v) is 2.65. The fraction of sp³-hybridized carbons (Fsp3) is 0.0714. The van der Waals surface area contributed by atoms with Crippen molar-refractivity contribution in [1.29, 1.82) is 5.26 Å². The molecule has 0 amide bonds. The van der Waals surface area contributed by atoms with Crippen molar-refractivity contribution in [2.45, 2.75) is 6.61 Å². The van der Waals surface area contributed by atoms with Crippen LogP contribution in [-0.2, 0) is 6.61 Å². The van der Waals surface area contributed by atoms with Crippen LogP contribution >= 0.6 is 0 Å². The molecule has 0 radical (unpaired) electrons. The Labute approximate surface area is 115 Å². The van der Waals surface area contributed by atoms with Crippen LogP contribution in [0.1, 0.15) is 21.6 Å². The standard InChI is InChI=1S/C14H11N3O3/c15-7-12-9(3-2-6-17-12)8-20-13-10(14(18)19)4-1-5-11(13)16/h1-6H,8,16H2,(H,18,19). The van der Waals surface area contributed by atoms with Gasteiger partial charge < -0.3 is 15.6 Å². The Morgan fingerprint density at radius 2 is 2.20 bits per heavy atom. The number of benzene rings is 1. The summed E-state index contributed by atoms with van der Waals surface area (Å²) >= 11 is 0. The largest absolute Gasteiger partial charge is 0.486 e. The number of carbonyl (C=O) groups is 1. The van der Waals surface area contributed by atoms with Crippen LogP contribution in [0, 0.1) is 11.3 Å². The summed E-state index contributed by atoms with van der Waals surface area (Å²) in [6, 6.07) is 9.80. The number of anilines is 1. The van der Waals surface area contributed by atoms with Crippen LogP contribution in [0.2, 0.25) is 0 Å². The Morgan fingerprint density at radius 1 is 1.40 bits per heavy atom. The van der Waals surface area contributed by atoms with Crippen molar-refractivity contribution in [2.75, 3.05) is 5.73 Å². The van der Waals surface area contributed by atoms with E-state index in [1.807, 2.05) is 6.07 Å². The molecule has 0 bridgehead atoms. The average Bonchev–Trinajstić information content (AvgIpc) is 2.46. The zero-order valence-electron chi connectivity index (χ0n) is 10.4. The molecule has 6 heteroatoms. The van der Waals surface area contributed by atoms with E-state index in [0.29, 0.717) is 5.56 Å². The summed E-state index contributed by atoms with van der Waals surface area (Å²) in [6.07, 6.45) is 1.50. The Hall–Kier alpha value is -3.07. The molecule has 20 heavy (non-hydrogen) atoms. The Bertz CT molecular complexity index is 692. The number of pyridine rings is 1. The normalized spacial score (nSPS) is 9.75. The van der Waals surface area contributed by atoms with Gasteiger partial charge in [0.2, 0.25) is 0 Å². The molecule has 0 aliphatic carbocycles. The molecule has 0 aliphatic rings. The topological polar surface area (TPSA) is 109 Å². The Kier molecular flexibility index (Phi) is 3.82. The lowest BCUT2D eigenvalue weighted by Gasteiger charge is -2.11. The van der Waals surface area contributed by atoms with Crippen LogP contribution in [-0.4, -0.2) is 16.1 Å². The highest BCUT2D eigenvalue weighted by Gasteiger charge is 2.14. The molecule has 0 saturated heterocycles. The highest BCUT2D eigenvalue weighted by molar-refractivity contribution is 5.93. The van der Waals surface area contributed by atoms with Crippen LogP contribution in [0.15, 0.2) is 36.5 Å². The van der Waals surface area contributed by atoms with Gasteiger partial charge in [0.15, 0.2) is 5.75 Å². The van der Waals surface area contributed by atoms with Gasteiger partial charge in [-0.05, 0) is 18.2 Å². The molecule has 0 spiro atoms. The number of ether oxygens (including phenoxy) is 1. The number of rotatable bonds is 4. The van der Waals surface area contributed by atoms with Crippen molar-refractivity contribution < 1.29 is 14.6 Å². The van der Waals surface area contributed by atoms with E-state index in [1.54, 1.807) is 18.2 Å². The second kappa shape index (κ2) is 5.71. The Balaban J connectivity index is 2.28. The number of para-hydroxylation sites is 1. The van der Waals surface area contributed by atoms with Gasteiger partial charge in [0, 0.05) is 11.8 Å². The number of hydrogen-bond donors (Lipinski definition) is 2. The molecular weight excluding hydrogens is 258 g/mol. The molecule has 3 N–H and O–H groups in total. The van der Waals surface area contributed by atoms with Crippen molar-refractivity contribution in [3.63, 3.8) is 0 Å². The minimum absolute atomic E-state index is 0.0191. The van der Waals surface area contributed by atoms with E-state index in [-0.39, 0.29) is 29.3 Å². The average molecular weight is 269 g/mol. The van der Waals surface area contributed by atoms with Gasteiger partial charge in [-0.25, -0.2) is 9.78 Å². The molecule has 0 unspecified atom stereocenters. The number of nitrogens with zero attached hydrogens (tertiary/aromatic N) is 2. The van der Waals surface area contributed by atoms with Crippen LogP contribution in [0.5, 0.6) is 5.75 Å². The lowest BCUT2D eigenvalue weighted by molar-refractivity contribution is 0.0692. The number of hydrogen-bond acceptors (Lipinski definition) is 5. The number of nitriles is 1. The lowest BCUT2D eigenvalue weighted by Crippen LogP contribution is -2.07. The van der Waals surface area contributed by atoms with Crippen LogP contribution in [0.3, 0.4) is 0 Å². The van der Waals surface area contributed by atoms with E-state index in [4.69, 9.17) is 20.8 Å². The van der Waals surface area contributed by atoms with Gasteiger partial charge in [-0.2, -0.15) is 5.26 Å². The van der Waals surface area contributed by atoms with Gasteiger partial charge in [-0.3, -0.25) is 0 Å². The first kappa shape index (κ1) is 13.4. The maximum Gasteiger partial charge on any atom is 0.339 e. The first-order chi connectivity index (χ1) is 9.63. The summed E-state index contributed by atoms with van der Waals surface area (Å²) in [5.74, 6) is -1.04. The van der Waals surface area contributed by atoms with Crippen LogP contribution in [0.4, 0.5) is 5.69 Å². The summed E-state index contributed by atoms with van der Waals surface area (Å²) in [4.78, 5) is 15.0.